The van der Waals surface area contributed by atoms with Crippen molar-refractivity contribution in [2.24, 2.45) is 0 Å². The number of methoxy groups -OCH3 is 1. The molecule has 0 atom stereocenters. The maximum Gasteiger partial charge on any atom is 0.573 e. The monoisotopic (exact) mass is 232 g/mol. The van der Waals surface area contributed by atoms with Gasteiger partial charge in [-0.3, -0.25) is 0 Å². The van der Waals surface area contributed by atoms with Crippen LogP contribution >= 0.6 is 0 Å². The lowest BCUT2D eigenvalue weighted by molar-refractivity contribution is -0.274. The number of pyridine rings is 1. The van der Waals surface area contributed by atoms with Crippen molar-refractivity contribution in [2.75, 3.05) is 7.11 Å². The molecule has 0 spiro atoms. The predicted molar refractivity (Wildman–Crippen MR) is 46.8 cm³/mol. The summed E-state index contributed by atoms with van der Waals surface area (Å²) in [6.07, 6.45) is -4.00. The Morgan fingerprint density at radius 3 is 2.69 bits per heavy atom. The van der Waals surface area contributed by atoms with Gasteiger partial charge in [0.25, 0.3) is 0 Å². The van der Waals surface area contributed by atoms with Crippen molar-refractivity contribution in [3.05, 3.63) is 17.8 Å². The van der Waals surface area contributed by atoms with E-state index in [-0.39, 0.29) is 17.9 Å². The fraction of sp³-hybridized carbons (Fsp3) is 0.333. The Kier molecular flexibility index (Phi) is 3.55. The summed E-state index contributed by atoms with van der Waals surface area (Å²) >= 11 is 0. The first-order valence-corrected chi connectivity index (χ1v) is 4.12. The molecule has 0 saturated heterocycles. The number of hydrogen-bond acceptors (Lipinski definition) is 4. The van der Waals surface area contributed by atoms with Gasteiger partial charge in [-0.25, -0.2) is 4.98 Å². The van der Waals surface area contributed by atoms with Gasteiger partial charge < -0.3 is 9.47 Å². The number of ether oxygens (including phenoxy) is 2. The molecule has 0 unspecified atom stereocenters. The lowest BCUT2D eigenvalue weighted by Gasteiger charge is -2.10. The van der Waals surface area contributed by atoms with E-state index in [4.69, 9.17) is 10.00 Å². The van der Waals surface area contributed by atoms with Crippen molar-refractivity contribution in [3.63, 3.8) is 0 Å². The number of halogens is 3. The number of nitriles is 1. The molecular weight excluding hydrogens is 225 g/mol. The molecule has 16 heavy (non-hydrogen) atoms. The summed E-state index contributed by atoms with van der Waals surface area (Å²) in [6, 6.07) is 2.86. The Labute approximate surface area is 89.2 Å². The molecule has 0 radical (unpaired) electrons. The first-order chi connectivity index (χ1) is 7.46. The van der Waals surface area contributed by atoms with E-state index in [0.717, 1.165) is 12.3 Å². The first-order valence-electron chi connectivity index (χ1n) is 4.12. The average molecular weight is 232 g/mol. The molecule has 1 heterocycles. The van der Waals surface area contributed by atoms with Gasteiger partial charge in [0.15, 0.2) is 0 Å². The van der Waals surface area contributed by atoms with Gasteiger partial charge in [-0.2, -0.15) is 5.26 Å². The van der Waals surface area contributed by atoms with Crippen molar-refractivity contribution in [3.8, 4) is 17.7 Å². The zero-order chi connectivity index (χ0) is 12.2. The van der Waals surface area contributed by atoms with Crippen LogP contribution in [0.1, 0.15) is 5.56 Å². The quantitative estimate of drug-likeness (QED) is 0.800. The minimum Gasteiger partial charge on any atom is -0.481 e. The maximum absolute atomic E-state index is 11.9. The Hall–Kier alpha value is -1.97. The van der Waals surface area contributed by atoms with E-state index in [0.29, 0.717) is 0 Å². The summed E-state index contributed by atoms with van der Waals surface area (Å²) in [7, 11) is 1.31. The highest BCUT2D eigenvalue weighted by Gasteiger charge is 2.31. The summed E-state index contributed by atoms with van der Waals surface area (Å²) < 4.78 is 44.1. The molecule has 0 amide bonds. The Bertz CT molecular complexity index is 412. The highest BCUT2D eigenvalue weighted by atomic mass is 19.4. The molecule has 0 aliphatic carbocycles. The molecule has 1 aromatic heterocycles. The van der Waals surface area contributed by atoms with Gasteiger partial charge in [-0.05, 0) is 6.07 Å². The summed E-state index contributed by atoms with van der Waals surface area (Å²) in [6.45, 7) is 0. The number of nitrogens with zero attached hydrogens (tertiary/aromatic N) is 2. The van der Waals surface area contributed by atoms with Gasteiger partial charge in [-0.15, -0.1) is 13.2 Å². The van der Waals surface area contributed by atoms with Crippen molar-refractivity contribution in [1.29, 1.82) is 5.26 Å². The van der Waals surface area contributed by atoms with E-state index >= 15 is 0 Å². The Morgan fingerprint density at radius 1 is 1.50 bits per heavy atom. The third kappa shape index (κ3) is 3.31. The fourth-order valence-electron chi connectivity index (χ4n) is 1.06. The minimum atomic E-state index is -4.78. The zero-order valence-electron chi connectivity index (χ0n) is 8.21. The predicted octanol–water partition coefficient (Wildman–Crippen LogP) is 2.05. The first kappa shape index (κ1) is 12.1. The van der Waals surface area contributed by atoms with Gasteiger partial charge in [-0.1, -0.05) is 0 Å². The smallest absolute Gasteiger partial charge is 0.481 e. The molecule has 4 nitrogen and oxygen atoms in total. The third-order valence-corrected chi connectivity index (χ3v) is 1.60. The van der Waals surface area contributed by atoms with E-state index in [1.54, 1.807) is 6.07 Å². The van der Waals surface area contributed by atoms with Crippen LogP contribution in [0.5, 0.6) is 11.6 Å². The lowest BCUT2D eigenvalue weighted by Crippen LogP contribution is -2.17. The van der Waals surface area contributed by atoms with Gasteiger partial charge in [0.2, 0.25) is 5.88 Å². The molecule has 7 heteroatoms. The largest absolute Gasteiger partial charge is 0.573 e. The van der Waals surface area contributed by atoms with E-state index in [1.165, 1.54) is 7.11 Å². The van der Waals surface area contributed by atoms with Crippen LogP contribution < -0.4 is 9.47 Å². The average Bonchev–Trinajstić information content (AvgIpc) is 2.16. The molecule has 0 aliphatic heterocycles. The fourth-order valence-corrected chi connectivity index (χ4v) is 1.06. The molecule has 1 aromatic rings. The van der Waals surface area contributed by atoms with Crippen molar-refractivity contribution in [2.45, 2.75) is 12.8 Å². The topological polar surface area (TPSA) is 55.1 Å². The number of alkyl halides is 3. The molecule has 0 aliphatic rings. The Morgan fingerprint density at radius 2 is 2.19 bits per heavy atom. The normalized spacial score (nSPS) is 10.7. The molecular formula is C9H7F3N2O2. The number of hydrogen-bond donors (Lipinski definition) is 0. The van der Waals surface area contributed by atoms with Crippen LogP contribution in [0.4, 0.5) is 13.2 Å². The van der Waals surface area contributed by atoms with Crippen LogP contribution in [0.15, 0.2) is 12.3 Å². The molecule has 0 aromatic carbocycles. The maximum atomic E-state index is 11.9. The Balaban J connectivity index is 2.98. The highest BCUT2D eigenvalue weighted by Crippen LogP contribution is 2.26. The second kappa shape index (κ2) is 4.70. The van der Waals surface area contributed by atoms with Crippen molar-refractivity contribution < 1.29 is 22.6 Å². The molecule has 0 fully saturated rings. The third-order valence-electron chi connectivity index (χ3n) is 1.60. The van der Waals surface area contributed by atoms with Crippen LogP contribution in [0, 0.1) is 11.3 Å². The van der Waals surface area contributed by atoms with Crippen LogP contribution in [-0.2, 0) is 6.42 Å². The molecule has 0 N–H and O–H groups in total. The van der Waals surface area contributed by atoms with E-state index < -0.39 is 12.1 Å². The van der Waals surface area contributed by atoms with Crippen LogP contribution in [0.3, 0.4) is 0 Å². The second-order valence-electron chi connectivity index (χ2n) is 2.72. The molecule has 0 saturated carbocycles. The SMILES string of the molecule is COc1ncc(OC(F)(F)F)cc1CC#N. The summed E-state index contributed by atoms with van der Waals surface area (Å²) in [5.74, 6) is -0.366. The summed E-state index contributed by atoms with van der Waals surface area (Å²) in [4.78, 5) is 3.60. The summed E-state index contributed by atoms with van der Waals surface area (Å²) in [5.41, 5.74) is 0.242. The van der Waals surface area contributed by atoms with E-state index in [9.17, 15) is 13.2 Å². The molecule has 0 bridgehead atoms. The number of aromatic nitrogens is 1. The van der Waals surface area contributed by atoms with Gasteiger partial charge in [0.05, 0.1) is 25.8 Å². The number of rotatable bonds is 3. The minimum absolute atomic E-state index is 0.106. The highest BCUT2D eigenvalue weighted by molar-refractivity contribution is 5.35. The standard InChI is InChI=1S/C9H7F3N2O2/c1-15-8-6(2-3-13)4-7(5-14-8)16-9(10,11)12/h4-5H,2H2,1H3. The summed E-state index contributed by atoms with van der Waals surface area (Å²) in [5, 5.41) is 8.47. The van der Waals surface area contributed by atoms with Crippen molar-refractivity contribution >= 4 is 0 Å². The van der Waals surface area contributed by atoms with Gasteiger partial charge in [0.1, 0.15) is 5.75 Å². The zero-order valence-corrected chi connectivity index (χ0v) is 8.21. The van der Waals surface area contributed by atoms with Gasteiger partial charge in [0, 0.05) is 5.56 Å². The van der Waals surface area contributed by atoms with E-state index in [2.05, 4.69) is 9.72 Å². The van der Waals surface area contributed by atoms with Crippen LogP contribution in [0.25, 0.3) is 0 Å². The van der Waals surface area contributed by atoms with Crippen LogP contribution in [0.2, 0.25) is 0 Å². The van der Waals surface area contributed by atoms with Crippen molar-refractivity contribution in [1.82, 2.24) is 4.98 Å². The van der Waals surface area contributed by atoms with Crippen LogP contribution in [-0.4, -0.2) is 18.5 Å². The lowest BCUT2D eigenvalue weighted by atomic mass is 10.2. The molecule has 1 rings (SSSR count). The van der Waals surface area contributed by atoms with Gasteiger partial charge >= 0.3 is 6.36 Å². The second-order valence-corrected chi connectivity index (χ2v) is 2.72. The van der Waals surface area contributed by atoms with E-state index in [1.807, 2.05) is 0 Å². The molecule has 86 valence electrons.